The highest BCUT2D eigenvalue weighted by molar-refractivity contribution is 5.29. The van der Waals surface area contributed by atoms with Crippen LogP contribution in [0, 0.1) is 11.3 Å². The van der Waals surface area contributed by atoms with Gasteiger partial charge in [0.2, 0.25) is 0 Å². The van der Waals surface area contributed by atoms with Gasteiger partial charge in [-0.1, -0.05) is 11.6 Å². The molecule has 1 aliphatic heterocycles. The van der Waals surface area contributed by atoms with Crippen LogP contribution in [0.25, 0.3) is 0 Å². The standard InChI is InChI=1S/C12H20N2/c13-11-10(9-1-2-9)3-4-12(11)5-7-14-8-6-12/h3,9,11,14H,1-2,4-8,13H2/t11-/m1/s1. The maximum absolute atomic E-state index is 6.43. The van der Waals surface area contributed by atoms with E-state index in [0.717, 1.165) is 5.92 Å². The summed E-state index contributed by atoms with van der Waals surface area (Å²) in [4.78, 5) is 0. The first kappa shape index (κ1) is 8.93. The van der Waals surface area contributed by atoms with Gasteiger partial charge in [-0.15, -0.1) is 0 Å². The highest BCUT2D eigenvalue weighted by Gasteiger charge is 2.46. The molecular formula is C12H20N2. The first-order valence-corrected chi connectivity index (χ1v) is 5.98. The summed E-state index contributed by atoms with van der Waals surface area (Å²) < 4.78 is 0. The third-order valence-electron chi connectivity index (χ3n) is 4.41. The minimum absolute atomic E-state index is 0.386. The van der Waals surface area contributed by atoms with Crippen molar-refractivity contribution < 1.29 is 0 Å². The van der Waals surface area contributed by atoms with E-state index in [1.165, 1.54) is 45.2 Å². The van der Waals surface area contributed by atoms with Crippen LogP contribution >= 0.6 is 0 Å². The molecule has 1 heterocycles. The summed E-state index contributed by atoms with van der Waals surface area (Å²) in [5.74, 6) is 0.874. The molecule has 3 rings (SSSR count). The fourth-order valence-electron chi connectivity index (χ4n) is 3.21. The van der Waals surface area contributed by atoms with Gasteiger partial charge in [0.25, 0.3) is 0 Å². The van der Waals surface area contributed by atoms with Crippen molar-refractivity contribution in [3.63, 3.8) is 0 Å². The van der Waals surface area contributed by atoms with Crippen molar-refractivity contribution >= 4 is 0 Å². The van der Waals surface area contributed by atoms with Crippen LogP contribution < -0.4 is 11.1 Å². The quantitative estimate of drug-likeness (QED) is 0.617. The van der Waals surface area contributed by atoms with Gasteiger partial charge in [0.1, 0.15) is 0 Å². The third kappa shape index (κ3) is 1.24. The highest BCUT2D eigenvalue weighted by Crippen LogP contribution is 2.50. The van der Waals surface area contributed by atoms with E-state index in [1.54, 1.807) is 5.57 Å². The number of hydrogen-bond donors (Lipinski definition) is 2. The maximum atomic E-state index is 6.43. The second kappa shape index (κ2) is 3.07. The lowest BCUT2D eigenvalue weighted by Crippen LogP contribution is -2.46. The second-order valence-corrected chi connectivity index (χ2v) is 5.27. The molecule has 1 spiro atoms. The predicted octanol–water partition coefficient (Wildman–Crippen LogP) is 1.42. The SMILES string of the molecule is N[C@@H]1C(C2CC2)=CCC12CCNCC2. The van der Waals surface area contributed by atoms with Crippen molar-refractivity contribution in [2.24, 2.45) is 17.1 Å². The fourth-order valence-corrected chi connectivity index (χ4v) is 3.21. The van der Waals surface area contributed by atoms with E-state index in [0.29, 0.717) is 11.5 Å². The van der Waals surface area contributed by atoms with Gasteiger partial charge in [0.15, 0.2) is 0 Å². The second-order valence-electron chi connectivity index (χ2n) is 5.27. The summed E-state index contributed by atoms with van der Waals surface area (Å²) in [7, 11) is 0. The molecule has 3 N–H and O–H groups in total. The number of nitrogens with one attached hydrogen (secondary N) is 1. The summed E-state index contributed by atoms with van der Waals surface area (Å²) in [5.41, 5.74) is 8.48. The zero-order valence-electron chi connectivity index (χ0n) is 8.76. The van der Waals surface area contributed by atoms with E-state index in [2.05, 4.69) is 11.4 Å². The van der Waals surface area contributed by atoms with Crippen LogP contribution in [0.2, 0.25) is 0 Å². The molecule has 2 heteroatoms. The number of allylic oxidation sites excluding steroid dienone is 1. The summed E-state index contributed by atoms with van der Waals surface area (Å²) >= 11 is 0. The monoisotopic (exact) mass is 192 g/mol. The van der Waals surface area contributed by atoms with Gasteiger partial charge in [0.05, 0.1) is 0 Å². The molecule has 2 fully saturated rings. The van der Waals surface area contributed by atoms with Gasteiger partial charge in [0, 0.05) is 6.04 Å². The third-order valence-corrected chi connectivity index (χ3v) is 4.41. The smallest absolute Gasteiger partial charge is 0.0317 e. The topological polar surface area (TPSA) is 38.0 Å². The van der Waals surface area contributed by atoms with Gasteiger partial charge in [-0.05, 0) is 56.5 Å². The van der Waals surface area contributed by atoms with Crippen LogP contribution in [-0.2, 0) is 0 Å². The molecule has 78 valence electrons. The normalized spacial score (nSPS) is 36.1. The minimum atomic E-state index is 0.386. The Hall–Kier alpha value is -0.340. The number of rotatable bonds is 1. The minimum Gasteiger partial charge on any atom is -0.324 e. The molecule has 1 saturated heterocycles. The van der Waals surface area contributed by atoms with Gasteiger partial charge in [-0.3, -0.25) is 0 Å². The number of piperidine rings is 1. The Morgan fingerprint density at radius 3 is 2.64 bits per heavy atom. The molecule has 2 aliphatic carbocycles. The van der Waals surface area contributed by atoms with Crippen LogP contribution in [0.1, 0.15) is 32.1 Å². The Balaban J connectivity index is 1.77. The molecule has 0 aromatic rings. The zero-order valence-corrected chi connectivity index (χ0v) is 8.76. The lowest BCUT2D eigenvalue weighted by atomic mass is 9.72. The molecule has 14 heavy (non-hydrogen) atoms. The lowest BCUT2D eigenvalue weighted by molar-refractivity contribution is 0.189. The highest BCUT2D eigenvalue weighted by atomic mass is 14.9. The van der Waals surface area contributed by atoms with Crippen molar-refractivity contribution in [2.75, 3.05) is 13.1 Å². The Morgan fingerprint density at radius 2 is 2.00 bits per heavy atom. The molecule has 0 radical (unpaired) electrons. The molecule has 0 aromatic heterocycles. The summed E-state index contributed by atoms with van der Waals surface area (Å²) in [6, 6.07) is 0.386. The molecule has 2 nitrogen and oxygen atoms in total. The molecule has 0 unspecified atom stereocenters. The molecular weight excluding hydrogens is 172 g/mol. The van der Waals surface area contributed by atoms with Crippen LogP contribution in [0.5, 0.6) is 0 Å². The van der Waals surface area contributed by atoms with E-state index in [9.17, 15) is 0 Å². The van der Waals surface area contributed by atoms with Crippen molar-refractivity contribution in [1.82, 2.24) is 5.32 Å². The average molecular weight is 192 g/mol. The first-order chi connectivity index (χ1) is 6.82. The molecule has 0 aromatic carbocycles. The van der Waals surface area contributed by atoms with Gasteiger partial charge in [-0.25, -0.2) is 0 Å². The fraction of sp³-hybridized carbons (Fsp3) is 0.833. The Bertz CT molecular complexity index is 259. The maximum Gasteiger partial charge on any atom is 0.0317 e. The molecule has 1 atom stereocenters. The van der Waals surface area contributed by atoms with Crippen molar-refractivity contribution in [2.45, 2.75) is 38.1 Å². The first-order valence-electron chi connectivity index (χ1n) is 5.98. The average Bonchev–Trinajstić information content (AvgIpc) is 3.00. The van der Waals surface area contributed by atoms with Crippen LogP contribution in [0.3, 0.4) is 0 Å². The van der Waals surface area contributed by atoms with Gasteiger partial charge in [-0.2, -0.15) is 0 Å². The van der Waals surface area contributed by atoms with Crippen LogP contribution in [0.4, 0.5) is 0 Å². The molecule has 1 saturated carbocycles. The lowest BCUT2D eigenvalue weighted by Gasteiger charge is -2.38. The Labute approximate surface area is 85.9 Å². The zero-order chi connectivity index (χ0) is 9.60. The number of hydrogen-bond acceptors (Lipinski definition) is 2. The van der Waals surface area contributed by atoms with E-state index in [4.69, 9.17) is 5.73 Å². The van der Waals surface area contributed by atoms with E-state index in [-0.39, 0.29) is 0 Å². The van der Waals surface area contributed by atoms with Crippen LogP contribution in [0.15, 0.2) is 11.6 Å². The van der Waals surface area contributed by atoms with Crippen molar-refractivity contribution in [1.29, 1.82) is 0 Å². The Kier molecular flexibility index (Phi) is 1.96. The number of nitrogens with two attached hydrogens (primary N) is 1. The van der Waals surface area contributed by atoms with Gasteiger partial charge < -0.3 is 11.1 Å². The molecule has 3 aliphatic rings. The Morgan fingerprint density at radius 1 is 1.29 bits per heavy atom. The largest absolute Gasteiger partial charge is 0.324 e. The van der Waals surface area contributed by atoms with Gasteiger partial charge >= 0.3 is 0 Å². The molecule has 0 amide bonds. The molecule has 0 bridgehead atoms. The predicted molar refractivity (Wildman–Crippen MR) is 57.9 cm³/mol. The van der Waals surface area contributed by atoms with Crippen LogP contribution in [-0.4, -0.2) is 19.1 Å². The van der Waals surface area contributed by atoms with E-state index < -0.39 is 0 Å². The van der Waals surface area contributed by atoms with E-state index >= 15 is 0 Å². The summed E-state index contributed by atoms with van der Waals surface area (Å²) in [6.07, 6.45) is 9.07. The summed E-state index contributed by atoms with van der Waals surface area (Å²) in [5, 5.41) is 3.44. The van der Waals surface area contributed by atoms with E-state index in [1.807, 2.05) is 0 Å². The summed E-state index contributed by atoms with van der Waals surface area (Å²) in [6.45, 7) is 2.33. The van der Waals surface area contributed by atoms with Crippen molar-refractivity contribution in [3.05, 3.63) is 11.6 Å². The van der Waals surface area contributed by atoms with Crippen molar-refractivity contribution in [3.8, 4) is 0 Å².